The lowest BCUT2D eigenvalue weighted by Crippen LogP contribution is -2.38. The number of anilines is 1. The third-order valence-corrected chi connectivity index (χ3v) is 5.65. The van der Waals surface area contributed by atoms with Gasteiger partial charge in [-0.15, -0.1) is 0 Å². The third kappa shape index (κ3) is 3.89. The Balaban J connectivity index is 1.91. The van der Waals surface area contributed by atoms with Crippen molar-refractivity contribution in [2.75, 3.05) is 11.5 Å². The highest BCUT2D eigenvalue weighted by Gasteiger charge is 2.46. The van der Waals surface area contributed by atoms with Crippen molar-refractivity contribution in [1.29, 1.82) is 0 Å². The standard InChI is InChI=1S/C17H13F3N2O6S/c18-17(19,20)29(26,27)12-4-1-10(2-5-12)8-22-13-7-11(16(24)21-25)3-6-14(13)28-9-15(22)23/h1-7,25H,8-9H2,(H,21,24). The van der Waals surface area contributed by atoms with Crippen LogP contribution in [0.5, 0.6) is 5.75 Å². The maximum absolute atomic E-state index is 12.6. The highest BCUT2D eigenvalue weighted by molar-refractivity contribution is 7.92. The first kappa shape index (κ1) is 20.6. The molecule has 8 nitrogen and oxygen atoms in total. The minimum atomic E-state index is -5.47. The molecule has 2 aromatic carbocycles. The number of amides is 2. The zero-order valence-electron chi connectivity index (χ0n) is 14.4. The van der Waals surface area contributed by atoms with Crippen molar-refractivity contribution in [2.45, 2.75) is 16.9 Å². The number of hydrogen-bond acceptors (Lipinski definition) is 6. The molecule has 3 rings (SSSR count). The van der Waals surface area contributed by atoms with E-state index in [-0.39, 0.29) is 30.2 Å². The van der Waals surface area contributed by atoms with Gasteiger partial charge in [0.1, 0.15) is 5.75 Å². The molecule has 0 saturated heterocycles. The molecule has 2 amide bonds. The average Bonchev–Trinajstić information content (AvgIpc) is 2.68. The molecule has 0 atom stereocenters. The Morgan fingerprint density at radius 1 is 1.17 bits per heavy atom. The summed E-state index contributed by atoms with van der Waals surface area (Å²) in [4.78, 5) is 24.2. The van der Waals surface area contributed by atoms with E-state index in [2.05, 4.69) is 0 Å². The van der Waals surface area contributed by atoms with E-state index in [9.17, 15) is 31.2 Å². The SMILES string of the molecule is O=C(NO)c1ccc2c(c1)N(Cc1ccc(S(=O)(=O)C(F)(F)F)cc1)C(=O)CO2. The van der Waals surface area contributed by atoms with Crippen LogP contribution in [0.25, 0.3) is 0 Å². The number of nitrogens with zero attached hydrogens (tertiary/aromatic N) is 1. The van der Waals surface area contributed by atoms with Gasteiger partial charge in [-0.1, -0.05) is 12.1 Å². The van der Waals surface area contributed by atoms with Crippen molar-refractivity contribution < 1.29 is 41.1 Å². The molecule has 29 heavy (non-hydrogen) atoms. The third-order valence-electron chi connectivity index (χ3n) is 4.14. The number of rotatable bonds is 4. The molecule has 1 heterocycles. The van der Waals surface area contributed by atoms with Crippen molar-refractivity contribution in [1.82, 2.24) is 5.48 Å². The molecule has 0 saturated carbocycles. The number of benzene rings is 2. The van der Waals surface area contributed by atoms with E-state index in [1.165, 1.54) is 28.6 Å². The zero-order valence-corrected chi connectivity index (χ0v) is 15.2. The minimum absolute atomic E-state index is 0.0427. The van der Waals surface area contributed by atoms with Gasteiger partial charge in [0.15, 0.2) is 6.61 Å². The summed E-state index contributed by atoms with van der Waals surface area (Å²) in [6.45, 7) is -0.398. The lowest BCUT2D eigenvalue weighted by atomic mass is 10.1. The Hall–Kier alpha value is -3.12. The molecule has 0 bridgehead atoms. The quantitative estimate of drug-likeness (QED) is 0.567. The van der Waals surface area contributed by atoms with Crippen molar-refractivity contribution in [3.05, 3.63) is 53.6 Å². The van der Waals surface area contributed by atoms with Crippen LogP contribution < -0.4 is 15.1 Å². The minimum Gasteiger partial charge on any atom is -0.482 e. The number of fused-ring (bicyclic) bond motifs is 1. The fourth-order valence-corrected chi connectivity index (χ4v) is 3.43. The number of sulfone groups is 1. The van der Waals surface area contributed by atoms with Gasteiger partial charge in [0.05, 0.1) is 17.1 Å². The normalized spacial score (nSPS) is 14.2. The first-order chi connectivity index (χ1) is 13.5. The molecule has 154 valence electrons. The second-order valence-electron chi connectivity index (χ2n) is 5.99. The Morgan fingerprint density at radius 3 is 2.41 bits per heavy atom. The predicted molar refractivity (Wildman–Crippen MR) is 92.1 cm³/mol. The highest BCUT2D eigenvalue weighted by atomic mass is 32.2. The second-order valence-corrected chi connectivity index (χ2v) is 7.93. The maximum Gasteiger partial charge on any atom is 0.501 e. The molecule has 0 aliphatic carbocycles. The van der Waals surface area contributed by atoms with Crippen LogP contribution in [0, 0.1) is 0 Å². The van der Waals surface area contributed by atoms with Crippen molar-refractivity contribution >= 4 is 27.3 Å². The predicted octanol–water partition coefficient (Wildman–Crippen LogP) is 2.02. The lowest BCUT2D eigenvalue weighted by molar-refractivity contribution is -0.121. The number of hydrogen-bond donors (Lipinski definition) is 2. The van der Waals surface area contributed by atoms with E-state index in [4.69, 9.17) is 9.94 Å². The van der Waals surface area contributed by atoms with E-state index in [1.54, 1.807) is 0 Å². The Kier molecular flexibility index (Phi) is 5.24. The maximum atomic E-state index is 12.6. The Labute approximate surface area is 162 Å². The van der Waals surface area contributed by atoms with E-state index in [0.29, 0.717) is 5.56 Å². The number of halogens is 3. The summed E-state index contributed by atoms with van der Waals surface area (Å²) in [7, 11) is -5.47. The topological polar surface area (TPSA) is 113 Å². The molecule has 1 aliphatic heterocycles. The van der Waals surface area contributed by atoms with Gasteiger partial charge in [0, 0.05) is 5.56 Å². The lowest BCUT2D eigenvalue weighted by Gasteiger charge is -2.29. The number of ether oxygens (including phenoxy) is 1. The smallest absolute Gasteiger partial charge is 0.482 e. The zero-order chi connectivity index (χ0) is 21.4. The average molecular weight is 430 g/mol. The summed E-state index contributed by atoms with van der Waals surface area (Å²) in [6, 6.07) is 8.03. The van der Waals surface area contributed by atoms with Gasteiger partial charge in [0.25, 0.3) is 21.7 Å². The van der Waals surface area contributed by atoms with Crippen LogP contribution >= 0.6 is 0 Å². The molecular weight excluding hydrogens is 417 g/mol. The Morgan fingerprint density at radius 2 is 1.83 bits per heavy atom. The van der Waals surface area contributed by atoms with Gasteiger partial charge in [0.2, 0.25) is 0 Å². The number of nitrogens with one attached hydrogen (secondary N) is 1. The van der Waals surface area contributed by atoms with Crippen LogP contribution in [0.4, 0.5) is 18.9 Å². The van der Waals surface area contributed by atoms with Crippen molar-refractivity contribution in [3.63, 3.8) is 0 Å². The molecule has 0 radical (unpaired) electrons. The van der Waals surface area contributed by atoms with Gasteiger partial charge >= 0.3 is 5.51 Å². The molecule has 12 heteroatoms. The fraction of sp³-hybridized carbons (Fsp3) is 0.176. The Bertz CT molecular complexity index is 1070. The molecule has 0 unspecified atom stereocenters. The summed E-state index contributed by atoms with van der Waals surface area (Å²) in [5.41, 5.74) is -3.34. The van der Waals surface area contributed by atoms with Crippen molar-refractivity contribution in [3.8, 4) is 5.75 Å². The first-order valence-corrected chi connectivity index (χ1v) is 9.45. The van der Waals surface area contributed by atoms with Gasteiger partial charge < -0.3 is 9.64 Å². The van der Waals surface area contributed by atoms with E-state index in [1.807, 2.05) is 0 Å². The van der Waals surface area contributed by atoms with Crippen LogP contribution in [0.2, 0.25) is 0 Å². The molecule has 0 aromatic heterocycles. The van der Waals surface area contributed by atoms with Crippen LogP contribution in [0.3, 0.4) is 0 Å². The highest BCUT2D eigenvalue weighted by Crippen LogP contribution is 2.35. The van der Waals surface area contributed by atoms with E-state index >= 15 is 0 Å². The summed E-state index contributed by atoms with van der Waals surface area (Å²) < 4.78 is 66.1. The van der Waals surface area contributed by atoms with E-state index in [0.717, 1.165) is 24.3 Å². The van der Waals surface area contributed by atoms with E-state index < -0.39 is 32.1 Å². The fourth-order valence-electron chi connectivity index (χ4n) is 2.67. The number of alkyl halides is 3. The summed E-state index contributed by atoms with van der Waals surface area (Å²) in [5.74, 6) is -1.01. The van der Waals surface area contributed by atoms with Gasteiger partial charge in [-0.3, -0.25) is 14.8 Å². The summed E-state index contributed by atoms with van der Waals surface area (Å²) in [6.07, 6.45) is 0. The number of carbonyl (C=O) groups is 2. The van der Waals surface area contributed by atoms with Gasteiger partial charge in [-0.25, -0.2) is 13.9 Å². The monoisotopic (exact) mass is 430 g/mol. The van der Waals surface area contributed by atoms with Gasteiger partial charge in [-0.2, -0.15) is 13.2 Å². The molecule has 1 aliphatic rings. The van der Waals surface area contributed by atoms with Crippen molar-refractivity contribution in [2.24, 2.45) is 0 Å². The molecule has 0 spiro atoms. The molecule has 2 aromatic rings. The van der Waals surface area contributed by atoms with Gasteiger partial charge in [-0.05, 0) is 35.9 Å². The van der Waals surface area contributed by atoms with Crippen LogP contribution in [0.15, 0.2) is 47.4 Å². The molecule has 0 fully saturated rings. The second kappa shape index (κ2) is 7.37. The summed E-state index contributed by atoms with van der Waals surface area (Å²) >= 11 is 0. The largest absolute Gasteiger partial charge is 0.501 e. The van der Waals surface area contributed by atoms with Crippen LogP contribution in [-0.4, -0.2) is 37.6 Å². The van der Waals surface area contributed by atoms with Crippen LogP contribution in [-0.2, 0) is 21.2 Å². The summed E-state index contributed by atoms with van der Waals surface area (Å²) in [5, 5.41) is 8.75. The van der Waals surface area contributed by atoms with Crippen LogP contribution in [0.1, 0.15) is 15.9 Å². The molecular formula is C17H13F3N2O6S. The number of hydroxylamine groups is 1. The first-order valence-electron chi connectivity index (χ1n) is 7.96. The number of carbonyl (C=O) groups excluding carboxylic acids is 2. The molecule has 2 N–H and O–H groups in total.